The number of aromatic amines is 1. The lowest BCUT2D eigenvalue weighted by Crippen LogP contribution is -2.31. The quantitative estimate of drug-likeness (QED) is 0.611. The molecule has 0 spiro atoms. The molecule has 0 aromatic carbocycles. The molecule has 0 aliphatic carbocycles. The average Bonchev–Trinajstić information content (AvgIpc) is 2.89. The van der Waals surface area contributed by atoms with Crippen molar-refractivity contribution in [3.63, 3.8) is 0 Å². The molecule has 2 unspecified atom stereocenters. The molecule has 2 heterocycles. The maximum atomic E-state index is 9.36. The smallest absolute Gasteiger partial charge is 0.226 e. The highest BCUT2D eigenvalue weighted by Gasteiger charge is 2.18. The first-order chi connectivity index (χ1) is 9.69. The van der Waals surface area contributed by atoms with Crippen LogP contribution in [0, 0.1) is 0 Å². The molecule has 0 saturated carbocycles. The molecule has 0 amide bonds. The van der Waals surface area contributed by atoms with Crippen molar-refractivity contribution in [2.45, 2.75) is 25.1 Å². The normalized spacial score (nSPS) is 14.2. The summed E-state index contributed by atoms with van der Waals surface area (Å²) in [4.78, 5) is 16.0. The Morgan fingerprint density at radius 2 is 2.25 bits per heavy atom. The Bertz CT molecular complexity index is 556. The van der Waals surface area contributed by atoms with Gasteiger partial charge in [-0.05, 0) is 20.1 Å². The van der Waals surface area contributed by atoms with Gasteiger partial charge in [-0.2, -0.15) is 21.7 Å². The van der Waals surface area contributed by atoms with Crippen LogP contribution in [0.5, 0.6) is 0 Å². The molecule has 4 N–H and O–H groups in total. The number of hydrogen-bond acceptors (Lipinski definition) is 7. The van der Waals surface area contributed by atoms with Crippen molar-refractivity contribution >= 4 is 34.7 Å². The second kappa shape index (κ2) is 6.76. The number of thioether (sulfide) groups is 1. The van der Waals surface area contributed by atoms with E-state index in [1.807, 2.05) is 20.1 Å². The van der Waals surface area contributed by atoms with Crippen molar-refractivity contribution in [2.24, 2.45) is 0 Å². The molecule has 0 aliphatic heterocycles. The van der Waals surface area contributed by atoms with Crippen molar-refractivity contribution in [3.05, 3.63) is 6.33 Å². The SMILES string of the molecule is CCNc1nc(NC(C)C(CO)SC)c2[nH]cnc2n1. The minimum atomic E-state index is 0.0749. The van der Waals surface area contributed by atoms with E-state index >= 15 is 0 Å². The summed E-state index contributed by atoms with van der Waals surface area (Å²) in [5.74, 6) is 1.25. The van der Waals surface area contributed by atoms with Gasteiger partial charge in [0.1, 0.15) is 5.52 Å². The van der Waals surface area contributed by atoms with E-state index in [4.69, 9.17) is 0 Å². The lowest BCUT2D eigenvalue weighted by molar-refractivity contribution is 0.288. The highest BCUT2D eigenvalue weighted by atomic mass is 32.2. The summed E-state index contributed by atoms with van der Waals surface area (Å²) in [6, 6.07) is 0.0749. The van der Waals surface area contributed by atoms with E-state index in [1.54, 1.807) is 18.1 Å². The molecule has 2 aromatic rings. The fourth-order valence-corrected chi connectivity index (χ4v) is 2.55. The largest absolute Gasteiger partial charge is 0.395 e. The first-order valence-corrected chi connectivity index (χ1v) is 7.83. The predicted octanol–water partition coefficient (Wildman–Crippen LogP) is 1.31. The van der Waals surface area contributed by atoms with Crippen LogP contribution in [0.15, 0.2) is 6.33 Å². The fourth-order valence-electron chi connectivity index (χ4n) is 1.92. The van der Waals surface area contributed by atoms with Gasteiger partial charge >= 0.3 is 0 Å². The van der Waals surface area contributed by atoms with Crippen LogP contribution in [0.4, 0.5) is 11.8 Å². The van der Waals surface area contributed by atoms with Crippen LogP contribution in [0.2, 0.25) is 0 Å². The molecule has 2 rings (SSSR count). The Hall–Kier alpha value is -1.54. The summed E-state index contributed by atoms with van der Waals surface area (Å²) in [5.41, 5.74) is 1.40. The zero-order chi connectivity index (χ0) is 14.5. The summed E-state index contributed by atoms with van der Waals surface area (Å²) in [6.45, 7) is 4.87. The molecule has 2 atom stereocenters. The molecule has 0 radical (unpaired) electrons. The molecule has 8 heteroatoms. The van der Waals surface area contributed by atoms with Crippen LogP contribution < -0.4 is 10.6 Å². The molecule has 0 fully saturated rings. The molecule has 7 nitrogen and oxygen atoms in total. The molecular formula is C12H20N6OS. The highest BCUT2D eigenvalue weighted by Crippen LogP contribution is 2.21. The van der Waals surface area contributed by atoms with Gasteiger partial charge in [-0.25, -0.2) is 4.98 Å². The number of fused-ring (bicyclic) bond motifs is 1. The van der Waals surface area contributed by atoms with E-state index < -0.39 is 0 Å². The van der Waals surface area contributed by atoms with E-state index in [1.165, 1.54) is 0 Å². The van der Waals surface area contributed by atoms with Crippen molar-refractivity contribution in [1.82, 2.24) is 19.9 Å². The van der Waals surface area contributed by atoms with Crippen molar-refractivity contribution in [2.75, 3.05) is 30.0 Å². The van der Waals surface area contributed by atoms with Crippen molar-refractivity contribution in [1.29, 1.82) is 0 Å². The number of rotatable bonds is 7. The van der Waals surface area contributed by atoms with Crippen LogP contribution in [0.1, 0.15) is 13.8 Å². The number of aliphatic hydroxyl groups is 1. The summed E-state index contributed by atoms with van der Waals surface area (Å²) in [5, 5.41) is 15.9. The number of anilines is 2. The molecule has 110 valence electrons. The van der Waals surface area contributed by atoms with E-state index in [9.17, 15) is 5.11 Å². The van der Waals surface area contributed by atoms with Crippen LogP contribution in [-0.4, -0.2) is 55.7 Å². The van der Waals surface area contributed by atoms with Gasteiger partial charge in [0.05, 0.1) is 12.9 Å². The number of hydrogen-bond donors (Lipinski definition) is 4. The number of aromatic nitrogens is 4. The Balaban J connectivity index is 2.29. The van der Waals surface area contributed by atoms with Gasteiger partial charge < -0.3 is 20.7 Å². The number of imidazole rings is 1. The van der Waals surface area contributed by atoms with E-state index in [2.05, 4.69) is 30.6 Å². The molecule has 20 heavy (non-hydrogen) atoms. The number of nitrogens with one attached hydrogen (secondary N) is 3. The molecule has 0 bridgehead atoms. The van der Waals surface area contributed by atoms with Gasteiger partial charge in [0.2, 0.25) is 5.95 Å². The zero-order valence-electron chi connectivity index (χ0n) is 11.8. The topological polar surface area (TPSA) is 98.8 Å². The summed E-state index contributed by atoms with van der Waals surface area (Å²) >= 11 is 1.62. The Morgan fingerprint density at radius 3 is 2.90 bits per heavy atom. The highest BCUT2D eigenvalue weighted by molar-refractivity contribution is 7.99. The van der Waals surface area contributed by atoms with Gasteiger partial charge in [-0.15, -0.1) is 0 Å². The standard InChI is InChI=1S/C12H20N6OS/c1-4-13-12-17-10-9(14-6-15-10)11(18-12)16-7(2)8(5-19)20-3/h6-8,19H,4-5H2,1-3H3,(H3,13,14,15,16,17,18). The molecular weight excluding hydrogens is 276 g/mol. The number of nitrogens with zero attached hydrogens (tertiary/aromatic N) is 3. The van der Waals surface area contributed by atoms with E-state index in [0.717, 1.165) is 12.1 Å². The molecule has 0 saturated heterocycles. The number of aliphatic hydroxyl groups excluding tert-OH is 1. The van der Waals surface area contributed by atoms with Gasteiger partial charge in [0.15, 0.2) is 11.5 Å². The van der Waals surface area contributed by atoms with Gasteiger partial charge in [0, 0.05) is 17.8 Å². The van der Waals surface area contributed by atoms with Gasteiger partial charge in [-0.1, -0.05) is 0 Å². The zero-order valence-corrected chi connectivity index (χ0v) is 12.7. The van der Waals surface area contributed by atoms with Crippen molar-refractivity contribution in [3.8, 4) is 0 Å². The Morgan fingerprint density at radius 1 is 1.45 bits per heavy atom. The van der Waals surface area contributed by atoms with Gasteiger partial charge in [-0.3, -0.25) is 0 Å². The van der Waals surface area contributed by atoms with Crippen LogP contribution in [0.25, 0.3) is 11.2 Å². The van der Waals surface area contributed by atoms with Crippen LogP contribution in [-0.2, 0) is 0 Å². The van der Waals surface area contributed by atoms with Gasteiger partial charge in [0.25, 0.3) is 0 Å². The minimum absolute atomic E-state index is 0.0749. The Labute approximate surface area is 122 Å². The lowest BCUT2D eigenvalue weighted by Gasteiger charge is -2.22. The predicted molar refractivity (Wildman–Crippen MR) is 83.3 cm³/mol. The first-order valence-electron chi connectivity index (χ1n) is 6.54. The number of H-pyrrole nitrogens is 1. The second-order valence-corrected chi connectivity index (χ2v) is 5.49. The maximum Gasteiger partial charge on any atom is 0.226 e. The third kappa shape index (κ3) is 3.13. The molecule has 0 aliphatic rings. The maximum absolute atomic E-state index is 9.36. The minimum Gasteiger partial charge on any atom is -0.395 e. The first kappa shape index (κ1) is 14.9. The van der Waals surface area contributed by atoms with Crippen molar-refractivity contribution < 1.29 is 5.11 Å². The van der Waals surface area contributed by atoms with Crippen LogP contribution in [0.3, 0.4) is 0 Å². The summed E-state index contributed by atoms with van der Waals surface area (Å²) in [6.07, 6.45) is 3.58. The second-order valence-electron chi connectivity index (χ2n) is 4.42. The third-order valence-electron chi connectivity index (χ3n) is 3.03. The fraction of sp³-hybridized carbons (Fsp3) is 0.583. The average molecular weight is 296 g/mol. The third-order valence-corrected chi connectivity index (χ3v) is 4.19. The van der Waals surface area contributed by atoms with E-state index in [-0.39, 0.29) is 17.9 Å². The monoisotopic (exact) mass is 296 g/mol. The van der Waals surface area contributed by atoms with E-state index in [0.29, 0.717) is 17.4 Å². The summed E-state index contributed by atoms with van der Waals surface area (Å²) in [7, 11) is 0. The Kier molecular flexibility index (Phi) is 5.02. The van der Waals surface area contributed by atoms with Crippen LogP contribution >= 0.6 is 11.8 Å². The molecule has 2 aromatic heterocycles. The lowest BCUT2D eigenvalue weighted by atomic mass is 10.2. The summed E-state index contributed by atoms with van der Waals surface area (Å²) < 4.78 is 0.